The van der Waals surface area contributed by atoms with E-state index in [0.29, 0.717) is 18.5 Å². The van der Waals surface area contributed by atoms with Gasteiger partial charge < -0.3 is 15.2 Å². The number of ether oxygens (including phenoxy) is 1. The van der Waals surface area contributed by atoms with E-state index >= 15 is 0 Å². The number of carbonyl (C=O) groups is 2. The Hall–Kier alpha value is -3.08. The summed E-state index contributed by atoms with van der Waals surface area (Å²) in [6.45, 7) is 4.33. The van der Waals surface area contributed by atoms with Gasteiger partial charge in [-0.15, -0.1) is 0 Å². The van der Waals surface area contributed by atoms with Crippen LogP contribution in [0, 0.1) is 11.8 Å². The van der Waals surface area contributed by atoms with E-state index in [1.165, 1.54) is 0 Å². The molecule has 0 bridgehead atoms. The van der Waals surface area contributed by atoms with Crippen molar-refractivity contribution < 1.29 is 19.4 Å². The topological polar surface area (TPSA) is 75.6 Å². The van der Waals surface area contributed by atoms with Gasteiger partial charge in [0.25, 0.3) is 5.91 Å². The van der Waals surface area contributed by atoms with Crippen LogP contribution in [0.2, 0.25) is 0 Å². The molecule has 1 fully saturated rings. The Labute approximate surface area is 184 Å². The molecule has 0 saturated heterocycles. The molecule has 0 spiro atoms. The van der Waals surface area contributed by atoms with E-state index in [4.69, 9.17) is 4.74 Å². The van der Waals surface area contributed by atoms with Crippen molar-refractivity contribution in [3.8, 4) is 5.75 Å². The lowest BCUT2D eigenvalue weighted by molar-refractivity contribution is -0.145. The molecule has 0 unspecified atom stereocenters. The molecule has 0 heterocycles. The van der Waals surface area contributed by atoms with E-state index in [1.807, 2.05) is 74.5 Å². The molecule has 1 saturated carbocycles. The predicted molar refractivity (Wildman–Crippen MR) is 123 cm³/mol. The van der Waals surface area contributed by atoms with Crippen molar-refractivity contribution in [2.45, 2.75) is 45.6 Å². The van der Waals surface area contributed by atoms with E-state index in [-0.39, 0.29) is 23.8 Å². The van der Waals surface area contributed by atoms with Gasteiger partial charge in [-0.1, -0.05) is 55.3 Å². The summed E-state index contributed by atoms with van der Waals surface area (Å²) in [7, 11) is 0. The van der Waals surface area contributed by atoms with E-state index in [2.05, 4.69) is 5.32 Å². The summed E-state index contributed by atoms with van der Waals surface area (Å²) in [5.41, 5.74) is 2.27. The number of amides is 1. The van der Waals surface area contributed by atoms with Gasteiger partial charge in [0.1, 0.15) is 5.75 Å². The first-order valence-electron chi connectivity index (χ1n) is 11.0. The Morgan fingerprint density at radius 1 is 1.06 bits per heavy atom. The number of rotatable bonds is 8. The fourth-order valence-corrected chi connectivity index (χ4v) is 4.08. The van der Waals surface area contributed by atoms with Gasteiger partial charge in [-0.05, 0) is 61.9 Å². The largest absolute Gasteiger partial charge is 0.491 e. The van der Waals surface area contributed by atoms with Gasteiger partial charge in [0.05, 0.1) is 12.0 Å². The average molecular weight is 422 g/mol. The Bertz CT molecular complexity index is 903. The van der Waals surface area contributed by atoms with E-state index < -0.39 is 5.97 Å². The molecule has 1 aliphatic rings. The molecule has 0 aliphatic heterocycles. The van der Waals surface area contributed by atoms with Crippen LogP contribution in [0.5, 0.6) is 5.75 Å². The highest BCUT2D eigenvalue weighted by Gasteiger charge is 2.31. The second-order valence-electron chi connectivity index (χ2n) is 8.36. The molecule has 2 aromatic rings. The normalized spacial score (nSPS) is 19.1. The summed E-state index contributed by atoms with van der Waals surface area (Å²) >= 11 is 0. The van der Waals surface area contributed by atoms with Gasteiger partial charge in [0.2, 0.25) is 0 Å². The molecule has 164 valence electrons. The zero-order valence-electron chi connectivity index (χ0n) is 18.2. The van der Waals surface area contributed by atoms with Crippen molar-refractivity contribution in [2.24, 2.45) is 11.8 Å². The van der Waals surface area contributed by atoms with Crippen LogP contribution >= 0.6 is 0 Å². The molecule has 31 heavy (non-hydrogen) atoms. The van der Waals surface area contributed by atoms with Crippen molar-refractivity contribution in [3.63, 3.8) is 0 Å². The van der Waals surface area contributed by atoms with Crippen LogP contribution in [0.1, 0.15) is 50.7 Å². The van der Waals surface area contributed by atoms with Crippen LogP contribution in [-0.4, -0.2) is 29.6 Å². The average Bonchev–Trinajstić information content (AvgIpc) is 2.77. The summed E-state index contributed by atoms with van der Waals surface area (Å²) in [6, 6.07) is 17.2. The van der Waals surface area contributed by atoms with Crippen molar-refractivity contribution in [1.82, 2.24) is 5.32 Å². The lowest BCUT2D eigenvalue weighted by Gasteiger charge is -2.28. The van der Waals surface area contributed by atoms with Crippen molar-refractivity contribution in [3.05, 3.63) is 65.7 Å². The number of hydrogen-bond donors (Lipinski definition) is 2. The molecule has 1 amide bonds. The fourth-order valence-electron chi connectivity index (χ4n) is 4.08. The number of aliphatic carboxylic acids is 1. The number of carbonyl (C=O) groups excluding carboxylic acids is 1. The SMILES string of the molecule is CC(C)Oc1ccc(/C=C(/C(=O)NC[C@@H]2CCCC[C@@H]2C(=O)O)c2ccccc2)cc1. The smallest absolute Gasteiger partial charge is 0.306 e. The molecule has 5 nitrogen and oxygen atoms in total. The highest BCUT2D eigenvalue weighted by molar-refractivity contribution is 6.24. The quantitative estimate of drug-likeness (QED) is 0.463. The Balaban J connectivity index is 1.78. The third-order valence-electron chi connectivity index (χ3n) is 5.64. The number of nitrogens with one attached hydrogen (secondary N) is 1. The van der Waals surface area contributed by atoms with Crippen LogP contribution < -0.4 is 10.1 Å². The maximum Gasteiger partial charge on any atom is 0.306 e. The number of hydrogen-bond acceptors (Lipinski definition) is 3. The Morgan fingerprint density at radius 2 is 1.74 bits per heavy atom. The molecule has 2 aromatic carbocycles. The van der Waals surface area contributed by atoms with Gasteiger partial charge >= 0.3 is 5.97 Å². The lowest BCUT2D eigenvalue weighted by atomic mass is 9.79. The maximum absolute atomic E-state index is 13.1. The van der Waals surface area contributed by atoms with E-state index in [9.17, 15) is 14.7 Å². The second kappa shape index (κ2) is 10.8. The van der Waals surface area contributed by atoms with Gasteiger partial charge in [0.15, 0.2) is 0 Å². The van der Waals surface area contributed by atoms with Crippen molar-refractivity contribution >= 4 is 23.5 Å². The molecule has 3 rings (SSSR count). The van der Waals surface area contributed by atoms with Crippen LogP contribution in [0.3, 0.4) is 0 Å². The van der Waals surface area contributed by atoms with Gasteiger partial charge in [-0.2, -0.15) is 0 Å². The Morgan fingerprint density at radius 3 is 2.39 bits per heavy atom. The number of carboxylic acids is 1. The minimum Gasteiger partial charge on any atom is -0.491 e. The zero-order valence-corrected chi connectivity index (χ0v) is 18.2. The zero-order chi connectivity index (χ0) is 22.2. The first-order chi connectivity index (χ1) is 14.9. The molecule has 1 aliphatic carbocycles. The molecule has 2 N–H and O–H groups in total. The third kappa shape index (κ3) is 6.45. The van der Waals surface area contributed by atoms with Gasteiger partial charge in [-0.25, -0.2) is 0 Å². The minimum absolute atomic E-state index is 0.0281. The lowest BCUT2D eigenvalue weighted by Crippen LogP contribution is -2.37. The predicted octanol–water partition coefficient (Wildman–Crippen LogP) is 5.02. The van der Waals surface area contributed by atoms with Crippen LogP contribution in [0.4, 0.5) is 0 Å². The van der Waals surface area contributed by atoms with Gasteiger partial charge in [-0.3, -0.25) is 9.59 Å². The second-order valence-corrected chi connectivity index (χ2v) is 8.36. The molecular formula is C26H31NO4. The monoisotopic (exact) mass is 421 g/mol. The summed E-state index contributed by atoms with van der Waals surface area (Å²) in [6.07, 6.45) is 5.42. The maximum atomic E-state index is 13.1. The molecule has 5 heteroatoms. The van der Waals surface area contributed by atoms with Gasteiger partial charge in [0, 0.05) is 12.1 Å². The molecule has 0 radical (unpaired) electrons. The first kappa shape index (κ1) is 22.6. The summed E-state index contributed by atoms with van der Waals surface area (Å²) < 4.78 is 5.69. The van der Waals surface area contributed by atoms with E-state index in [0.717, 1.165) is 36.1 Å². The third-order valence-corrected chi connectivity index (χ3v) is 5.64. The summed E-state index contributed by atoms with van der Waals surface area (Å²) in [5, 5.41) is 12.5. The van der Waals surface area contributed by atoms with Crippen molar-refractivity contribution in [2.75, 3.05) is 6.54 Å². The first-order valence-corrected chi connectivity index (χ1v) is 11.0. The highest BCUT2D eigenvalue weighted by Crippen LogP contribution is 2.30. The molecular weight excluding hydrogens is 390 g/mol. The van der Waals surface area contributed by atoms with Crippen LogP contribution in [0.25, 0.3) is 11.6 Å². The molecule has 2 atom stereocenters. The van der Waals surface area contributed by atoms with Crippen LogP contribution in [-0.2, 0) is 9.59 Å². The minimum atomic E-state index is -0.763. The van der Waals surface area contributed by atoms with Crippen LogP contribution in [0.15, 0.2) is 54.6 Å². The van der Waals surface area contributed by atoms with Crippen molar-refractivity contribution in [1.29, 1.82) is 0 Å². The fraction of sp³-hybridized carbons (Fsp3) is 0.385. The number of benzene rings is 2. The summed E-state index contributed by atoms with van der Waals surface area (Å²) in [4.78, 5) is 24.7. The highest BCUT2D eigenvalue weighted by atomic mass is 16.5. The standard InChI is InChI=1S/C26H31NO4/c1-18(2)31-22-14-12-19(13-15-22)16-24(20-8-4-3-5-9-20)25(28)27-17-21-10-6-7-11-23(21)26(29)30/h3-5,8-9,12-16,18,21,23H,6-7,10-11,17H2,1-2H3,(H,27,28)(H,29,30)/b24-16+/t21-,23-/m0/s1. The number of carboxylic acid groups (broad SMARTS) is 1. The van der Waals surface area contributed by atoms with E-state index in [1.54, 1.807) is 0 Å². The Kier molecular flexibility index (Phi) is 7.88. The summed E-state index contributed by atoms with van der Waals surface area (Å²) in [5.74, 6) is -0.578. The molecule has 0 aromatic heterocycles.